The molecule has 364 valence electrons. The molecular formula is C46H45Cl3F6N6O7. The number of amides is 3. The van der Waals surface area contributed by atoms with E-state index in [4.69, 9.17) is 38.0 Å². The summed E-state index contributed by atoms with van der Waals surface area (Å²) < 4.78 is 78.4. The minimum atomic E-state index is -4.52. The van der Waals surface area contributed by atoms with E-state index in [2.05, 4.69) is 26.3 Å². The van der Waals surface area contributed by atoms with Gasteiger partial charge in [-0.2, -0.15) is 26.3 Å². The zero-order valence-electron chi connectivity index (χ0n) is 36.8. The highest BCUT2D eigenvalue weighted by Gasteiger charge is 2.40. The Morgan fingerprint density at radius 3 is 1.56 bits per heavy atom. The highest BCUT2D eigenvalue weighted by atomic mass is 35.5. The van der Waals surface area contributed by atoms with Crippen LogP contribution in [0.4, 0.5) is 26.3 Å². The second kappa shape index (κ2) is 21.2. The lowest BCUT2D eigenvalue weighted by Crippen LogP contribution is -2.31. The number of nitrogens with zero attached hydrogens (tertiary/aromatic N) is 3. The molecule has 0 spiro atoms. The van der Waals surface area contributed by atoms with E-state index < -0.39 is 48.3 Å². The maximum atomic E-state index is 13.3. The molecule has 0 radical (unpaired) electrons. The lowest BCUT2D eigenvalue weighted by molar-refractivity contribution is -0.128. The summed E-state index contributed by atoms with van der Waals surface area (Å²) in [7, 11) is 0. The van der Waals surface area contributed by atoms with E-state index in [9.17, 15) is 45.5 Å². The van der Waals surface area contributed by atoms with Crippen LogP contribution in [0.5, 0.6) is 0 Å². The van der Waals surface area contributed by atoms with Gasteiger partial charge in [-0.15, -0.1) is 12.4 Å². The number of carbonyl (C=O) groups excluding carboxylic acids is 3. The van der Waals surface area contributed by atoms with Crippen LogP contribution in [0.2, 0.25) is 10.0 Å². The summed E-state index contributed by atoms with van der Waals surface area (Å²) in [4.78, 5) is 58.0. The van der Waals surface area contributed by atoms with Crippen molar-refractivity contribution in [3.63, 3.8) is 0 Å². The molecule has 2 saturated heterocycles. The van der Waals surface area contributed by atoms with Crippen molar-refractivity contribution in [1.29, 1.82) is 0 Å². The number of oxime groups is 2. The quantitative estimate of drug-likeness (QED) is 0.127. The van der Waals surface area contributed by atoms with Crippen LogP contribution >= 0.6 is 35.6 Å². The Hall–Kier alpha value is -5.89. The van der Waals surface area contributed by atoms with Gasteiger partial charge in [0, 0.05) is 28.5 Å². The number of hydrogen-bond donors (Lipinski definition) is 4. The summed E-state index contributed by atoms with van der Waals surface area (Å²) in [5, 5.41) is 26.3. The summed E-state index contributed by atoms with van der Waals surface area (Å²) in [6.45, 7) is 8.34. The number of carbonyl (C=O) groups is 4. The predicted molar refractivity (Wildman–Crippen MR) is 243 cm³/mol. The first-order valence-electron chi connectivity index (χ1n) is 20.5. The van der Waals surface area contributed by atoms with Crippen LogP contribution in [-0.4, -0.2) is 83.9 Å². The standard InChI is InChI=1S/C23H21ClF3N3O3.C20H17ClF3NO3.C3H6N2O.ClH/c1-13-5-16(8-17(24)6-13)22(2)10-19(29-33-22)14-3-4-18(15(7-14)9-23(25,26)27)21(32)30-11-20(31)28-12-30;1-11-5-14(8-15(21)6-11)19(2)10-17(25-28-19)12-3-4-16(18(26)27)13(7-12)9-20(22,23)24;6-3-1-4-2-5-3;/h3-8H,9-12H2,1-2H3,(H,28,31);3-8H,9-10H2,1-2H3,(H,26,27);4H,1-2H2,(H,5,6);1H. The second-order valence-electron chi connectivity index (χ2n) is 16.7. The number of halogens is 9. The molecule has 68 heavy (non-hydrogen) atoms. The summed E-state index contributed by atoms with van der Waals surface area (Å²) >= 11 is 12.3. The van der Waals surface area contributed by atoms with Crippen LogP contribution in [0.15, 0.2) is 83.1 Å². The van der Waals surface area contributed by atoms with E-state index in [1.54, 1.807) is 24.3 Å². The van der Waals surface area contributed by atoms with Crippen LogP contribution in [0.1, 0.15) is 91.9 Å². The number of carboxylic acid groups (broad SMARTS) is 1. The zero-order valence-corrected chi connectivity index (χ0v) is 39.1. The SMILES string of the molecule is Cc1cc(Cl)cc(C2(C)CC(c3ccc(C(=O)N4CNC(=O)C4)c(CC(F)(F)F)c3)=NO2)c1.Cc1cc(Cl)cc(C2(C)CC(c3ccc(C(=O)O)c(CC(F)(F)F)c3)=NO2)c1.Cl.O=C1CNCN1. The van der Waals surface area contributed by atoms with Crippen molar-refractivity contribution in [2.45, 2.75) is 76.9 Å². The van der Waals surface area contributed by atoms with Gasteiger partial charge in [-0.1, -0.05) is 57.8 Å². The molecule has 4 aliphatic rings. The summed E-state index contributed by atoms with van der Waals surface area (Å²) in [6.07, 6.45) is -11.0. The predicted octanol–water partition coefficient (Wildman–Crippen LogP) is 8.90. The molecule has 4 N–H and O–H groups in total. The number of rotatable bonds is 8. The fourth-order valence-electron chi connectivity index (χ4n) is 7.65. The fraction of sp³-hybridized carbons (Fsp3) is 0.348. The van der Waals surface area contributed by atoms with Crippen molar-refractivity contribution in [2.24, 2.45) is 10.3 Å². The molecule has 0 aliphatic carbocycles. The normalized spacial score (nSPS) is 19.7. The Bertz CT molecular complexity index is 2620. The van der Waals surface area contributed by atoms with Gasteiger partial charge in [0.25, 0.3) is 5.91 Å². The number of benzene rings is 4. The zero-order chi connectivity index (χ0) is 49.1. The number of aromatic carboxylic acids is 1. The van der Waals surface area contributed by atoms with Crippen LogP contribution in [0, 0.1) is 13.8 Å². The third-order valence-corrected chi connectivity index (χ3v) is 11.4. The number of carboxylic acids is 1. The van der Waals surface area contributed by atoms with Gasteiger partial charge in [0.2, 0.25) is 11.8 Å². The molecule has 4 aliphatic heterocycles. The first-order valence-corrected chi connectivity index (χ1v) is 21.3. The second-order valence-corrected chi connectivity index (χ2v) is 17.6. The van der Waals surface area contributed by atoms with E-state index in [-0.39, 0.29) is 59.7 Å². The highest BCUT2D eigenvalue weighted by molar-refractivity contribution is 6.31. The van der Waals surface area contributed by atoms with Gasteiger partial charge in [-0.05, 0) is 121 Å². The van der Waals surface area contributed by atoms with Gasteiger partial charge in [-0.3, -0.25) is 19.7 Å². The number of aryl methyl sites for hydroxylation is 2. The molecule has 8 rings (SSSR count). The van der Waals surface area contributed by atoms with Gasteiger partial charge >= 0.3 is 18.3 Å². The smallest absolute Gasteiger partial charge is 0.393 e. The van der Waals surface area contributed by atoms with Crippen LogP contribution in [-0.2, 0) is 43.3 Å². The fourth-order valence-corrected chi connectivity index (χ4v) is 8.23. The van der Waals surface area contributed by atoms with Crippen LogP contribution in [0.3, 0.4) is 0 Å². The molecule has 0 aromatic heterocycles. The van der Waals surface area contributed by atoms with Crippen molar-refractivity contribution < 1.29 is 60.3 Å². The Balaban J connectivity index is 0.000000225. The topological polar surface area (TPSA) is 171 Å². The molecule has 0 bridgehead atoms. The minimum absolute atomic E-state index is 0. The van der Waals surface area contributed by atoms with Crippen molar-refractivity contribution in [2.75, 3.05) is 26.4 Å². The largest absolute Gasteiger partial charge is 0.478 e. The molecule has 2 atom stereocenters. The Morgan fingerprint density at radius 2 is 1.19 bits per heavy atom. The number of hydrogen-bond acceptors (Lipinski definition) is 9. The minimum Gasteiger partial charge on any atom is -0.478 e. The van der Waals surface area contributed by atoms with Crippen molar-refractivity contribution >= 4 is 70.7 Å². The maximum absolute atomic E-state index is 13.3. The van der Waals surface area contributed by atoms with E-state index in [0.29, 0.717) is 58.7 Å². The van der Waals surface area contributed by atoms with Gasteiger partial charge in [0.05, 0.1) is 49.7 Å². The molecule has 4 aromatic carbocycles. The van der Waals surface area contributed by atoms with Crippen molar-refractivity contribution in [1.82, 2.24) is 20.9 Å². The van der Waals surface area contributed by atoms with E-state index in [1.165, 1.54) is 35.2 Å². The highest BCUT2D eigenvalue weighted by Crippen LogP contribution is 2.40. The first-order chi connectivity index (χ1) is 31.3. The molecule has 0 saturated carbocycles. The van der Waals surface area contributed by atoms with Crippen molar-refractivity contribution in [3.8, 4) is 0 Å². The number of nitrogens with one attached hydrogen (secondary N) is 3. The average molecular weight is 1010 g/mol. The van der Waals surface area contributed by atoms with Crippen LogP contribution < -0.4 is 16.0 Å². The molecule has 4 aromatic rings. The summed E-state index contributed by atoms with van der Waals surface area (Å²) in [6, 6.07) is 19.0. The monoisotopic (exact) mass is 1010 g/mol. The Kier molecular flexibility index (Phi) is 16.5. The van der Waals surface area contributed by atoms with Crippen molar-refractivity contribution in [3.05, 3.63) is 138 Å². The van der Waals surface area contributed by atoms with Gasteiger partial charge in [0.1, 0.15) is 6.54 Å². The van der Waals surface area contributed by atoms with E-state index >= 15 is 0 Å². The molecule has 2 fully saturated rings. The van der Waals surface area contributed by atoms with Crippen LogP contribution in [0.25, 0.3) is 0 Å². The number of alkyl halides is 6. The lowest BCUT2D eigenvalue weighted by atomic mass is 9.87. The summed E-state index contributed by atoms with van der Waals surface area (Å²) in [5.74, 6) is -2.31. The molecule has 13 nitrogen and oxygen atoms in total. The Morgan fingerprint density at radius 1 is 0.721 bits per heavy atom. The third-order valence-electron chi connectivity index (χ3n) is 10.9. The average Bonchev–Trinajstić information content (AvgIpc) is 4.05. The molecule has 2 unspecified atom stereocenters. The first kappa shape index (κ1) is 53.1. The Labute approximate surface area is 402 Å². The van der Waals surface area contributed by atoms with Gasteiger partial charge < -0.3 is 30.3 Å². The summed E-state index contributed by atoms with van der Waals surface area (Å²) in [5.41, 5.74) is 2.62. The molecule has 3 amide bonds. The third kappa shape index (κ3) is 13.6. The maximum Gasteiger partial charge on any atom is 0.393 e. The molecular weight excluding hydrogens is 969 g/mol. The van der Waals surface area contributed by atoms with E-state index in [1.807, 2.05) is 45.9 Å². The van der Waals surface area contributed by atoms with Gasteiger partial charge in [-0.25, -0.2) is 4.79 Å². The lowest BCUT2D eigenvalue weighted by Gasteiger charge is -2.23. The molecule has 4 heterocycles. The van der Waals surface area contributed by atoms with E-state index in [0.717, 1.165) is 22.3 Å². The van der Waals surface area contributed by atoms with Gasteiger partial charge in [0.15, 0.2) is 11.2 Å². The molecule has 22 heteroatoms.